The van der Waals surface area contributed by atoms with Crippen LogP contribution in [0.25, 0.3) is 11.1 Å². The zero-order valence-corrected chi connectivity index (χ0v) is 21.1. The highest BCUT2D eigenvalue weighted by Gasteiger charge is 2.43. The van der Waals surface area contributed by atoms with Crippen molar-refractivity contribution in [3.05, 3.63) is 81.1 Å². The molecule has 1 aliphatic heterocycles. The Hall–Kier alpha value is -3.18. The fourth-order valence-electron chi connectivity index (χ4n) is 4.14. The van der Waals surface area contributed by atoms with E-state index in [2.05, 4.69) is 4.98 Å². The van der Waals surface area contributed by atoms with E-state index in [9.17, 15) is 31.1 Å². The average Bonchev–Trinajstić information content (AvgIpc) is 3.12. The maximum Gasteiger partial charge on any atom is 0.416 e. The van der Waals surface area contributed by atoms with Gasteiger partial charge in [0, 0.05) is 16.1 Å². The maximum absolute atomic E-state index is 13.4. The predicted molar refractivity (Wildman–Crippen MR) is 127 cm³/mol. The molecule has 0 N–H and O–H groups in total. The molecular weight excluding hydrogens is 561 g/mol. The average molecular weight is 579 g/mol. The minimum atomic E-state index is -5.04. The van der Waals surface area contributed by atoms with Crippen LogP contribution in [0.2, 0.25) is 10.2 Å². The first-order valence-corrected chi connectivity index (χ1v) is 11.7. The number of ether oxygens (including phenoxy) is 2. The number of rotatable bonds is 5. The molecule has 2 atom stereocenters. The van der Waals surface area contributed by atoms with Crippen molar-refractivity contribution in [1.82, 2.24) is 9.88 Å². The first-order chi connectivity index (χ1) is 17.7. The van der Waals surface area contributed by atoms with Crippen molar-refractivity contribution in [1.29, 1.82) is 0 Å². The molecular formula is C25H18Cl2F6N2O3. The Balaban J connectivity index is 1.72. The minimum absolute atomic E-state index is 0.0166. The molecule has 2 heterocycles. The third-order valence-corrected chi connectivity index (χ3v) is 6.59. The normalized spacial score (nSPS) is 18.1. The van der Waals surface area contributed by atoms with Gasteiger partial charge in [0.1, 0.15) is 17.0 Å². The molecule has 2 unspecified atom stereocenters. The highest BCUT2D eigenvalue weighted by atomic mass is 35.5. The Morgan fingerprint density at radius 3 is 2.16 bits per heavy atom. The predicted octanol–water partition coefficient (Wildman–Crippen LogP) is 8.18. The first-order valence-electron chi connectivity index (χ1n) is 10.9. The number of hydrogen-bond acceptors (Lipinski definition) is 4. The summed E-state index contributed by atoms with van der Waals surface area (Å²) in [5, 5.41) is 0.432. The number of alkyl halides is 6. The fraction of sp³-hybridized carbons (Fsp3) is 0.280. The molecule has 1 aromatic heterocycles. The molecule has 1 saturated heterocycles. The maximum atomic E-state index is 13.4. The molecule has 5 nitrogen and oxygen atoms in total. The van der Waals surface area contributed by atoms with Crippen molar-refractivity contribution in [2.45, 2.75) is 38.0 Å². The first kappa shape index (κ1) is 27.8. The molecule has 0 radical (unpaired) electrons. The van der Waals surface area contributed by atoms with Crippen LogP contribution in [0.3, 0.4) is 0 Å². The summed E-state index contributed by atoms with van der Waals surface area (Å²) in [7, 11) is 1.47. The SMILES string of the molecule is COc1ccc(Cl)c(-c2ccc(Cl)nc2CN2C(=O)OC(c3cc(C(F)(F)F)cc(C(F)(F)F)c3)C2C)c1. The lowest BCUT2D eigenvalue weighted by Gasteiger charge is -2.23. The summed E-state index contributed by atoms with van der Waals surface area (Å²) >= 11 is 12.5. The van der Waals surface area contributed by atoms with Crippen molar-refractivity contribution in [3.8, 4) is 16.9 Å². The fourth-order valence-corrected chi connectivity index (χ4v) is 4.53. The Bertz CT molecular complexity index is 1350. The molecule has 202 valence electrons. The summed E-state index contributed by atoms with van der Waals surface area (Å²) in [5.41, 5.74) is -2.18. The van der Waals surface area contributed by atoms with Gasteiger partial charge in [-0.15, -0.1) is 0 Å². The molecule has 38 heavy (non-hydrogen) atoms. The molecule has 1 amide bonds. The number of cyclic esters (lactones) is 1. The number of carbonyl (C=O) groups excluding carboxylic acids is 1. The molecule has 0 saturated carbocycles. The van der Waals surface area contributed by atoms with Crippen LogP contribution >= 0.6 is 23.2 Å². The molecule has 0 bridgehead atoms. The van der Waals surface area contributed by atoms with Gasteiger partial charge in [-0.25, -0.2) is 9.78 Å². The summed E-state index contributed by atoms with van der Waals surface area (Å²) < 4.78 is 90.7. The Labute approximate surface area is 222 Å². The highest BCUT2D eigenvalue weighted by Crippen LogP contribution is 2.42. The van der Waals surface area contributed by atoms with Crippen LogP contribution in [0.4, 0.5) is 31.1 Å². The third-order valence-electron chi connectivity index (χ3n) is 6.05. The largest absolute Gasteiger partial charge is 0.497 e. The van der Waals surface area contributed by atoms with Crippen molar-refractivity contribution >= 4 is 29.3 Å². The van der Waals surface area contributed by atoms with Gasteiger partial charge in [-0.3, -0.25) is 4.90 Å². The van der Waals surface area contributed by atoms with Crippen LogP contribution in [0.5, 0.6) is 5.75 Å². The Kier molecular flexibility index (Phi) is 7.46. The molecule has 13 heteroatoms. The van der Waals surface area contributed by atoms with Crippen LogP contribution in [0.15, 0.2) is 48.5 Å². The van der Waals surface area contributed by atoms with Gasteiger partial charge in [-0.2, -0.15) is 26.3 Å². The van der Waals surface area contributed by atoms with Gasteiger partial charge in [0.25, 0.3) is 0 Å². The van der Waals surface area contributed by atoms with Crippen molar-refractivity contribution in [3.63, 3.8) is 0 Å². The topological polar surface area (TPSA) is 51.7 Å². The second-order valence-corrected chi connectivity index (χ2v) is 9.28. The monoisotopic (exact) mass is 578 g/mol. The van der Waals surface area contributed by atoms with Crippen LogP contribution in [0, 0.1) is 0 Å². The molecule has 4 rings (SSSR count). The van der Waals surface area contributed by atoms with Gasteiger partial charge >= 0.3 is 18.4 Å². The summed E-state index contributed by atoms with van der Waals surface area (Å²) in [4.78, 5) is 18.2. The third kappa shape index (κ3) is 5.63. The molecule has 0 aliphatic carbocycles. The molecule has 1 aliphatic rings. The number of aromatic nitrogens is 1. The van der Waals surface area contributed by atoms with Gasteiger partial charge in [-0.1, -0.05) is 23.2 Å². The van der Waals surface area contributed by atoms with Crippen LogP contribution in [0.1, 0.15) is 35.4 Å². The molecule has 2 aromatic carbocycles. The van der Waals surface area contributed by atoms with E-state index < -0.39 is 47.3 Å². The molecule has 3 aromatic rings. The van der Waals surface area contributed by atoms with E-state index >= 15 is 0 Å². The van der Waals surface area contributed by atoms with Gasteiger partial charge in [0.15, 0.2) is 0 Å². The Morgan fingerprint density at radius 1 is 0.947 bits per heavy atom. The van der Waals surface area contributed by atoms with E-state index in [0.29, 0.717) is 34.0 Å². The van der Waals surface area contributed by atoms with E-state index in [1.165, 1.54) is 20.1 Å². The standard InChI is InChI=1S/C25H18Cl2F6N2O3/c1-12-22(13-7-14(24(28,29)30)9-15(8-13)25(31,32)33)38-23(36)35(12)11-20-17(4-6-21(27)34-20)18-10-16(37-2)3-5-19(18)26/h3-10,12,22H,11H2,1-2H3. The quantitative estimate of drug-likeness (QED) is 0.226. The number of halogens is 8. The minimum Gasteiger partial charge on any atom is -0.497 e. The van der Waals surface area contributed by atoms with Crippen molar-refractivity contribution in [2.24, 2.45) is 0 Å². The zero-order chi connectivity index (χ0) is 28.0. The number of hydrogen-bond donors (Lipinski definition) is 0. The van der Waals surface area contributed by atoms with E-state index in [1.807, 2.05) is 0 Å². The second kappa shape index (κ2) is 10.2. The number of benzene rings is 2. The number of methoxy groups -OCH3 is 1. The lowest BCUT2D eigenvalue weighted by Crippen LogP contribution is -2.32. The number of carbonyl (C=O) groups is 1. The zero-order valence-electron chi connectivity index (χ0n) is 19.6. The Morgan fingerprint density at radius 2 is 1.58 bits per heavy atom. The highest BCUT2D eigenvalue weighted by molar-refractivity contribution is 6.33. The number of amides is 1. The summed E-state index contributed by atoms with van der Waals surface area (Å²) in [6.07, 6.45) is -12.4. The van der Waals surface area contributed by atoms with Gasteiger partial charge in [0.2, 0.25) is 0 Å². The van der Waals surface area contributed by atoms with Crippen LogP contribution in [-0.2, 0) is 23.6 Å². The number of nitrogens with zero attached hydrogens (tertiary/aromatic N) is 2. The molecule has 1 fully saturated rings. The number of pyridine rings is 1. The van der Waals surface area contributed by atoms with Gasteiger partial charge < -0.3 is 9.47 Å². The van der Waals surface area contributed by atoms with E-state index in [4.69, 9.17) is 32.7 Å². The van der Waals surface area contributed by atoms with Crippen molar-refractivity contribution in [2.75, 3.05) is 7.11 Å². The van der Waals surface area contributed by atoms with Crippen LogP contribution in [-0.4, -0.2) is 29.1 Å². The molecule has 0 spiro atoms. The van der Waals surface area contributed by atoms with E-state index in [0.717, 1.165) is 4.90 Å². The lowest BCUT2D eigenvalue weighted by atomic mass is 9.97. The summed E-state index contributed by atoms with van der Waals surface area (Å²) in [5.74, 6) is 0.490. The second-order valence-electron chi connectivity index (χ2n) is 8.49. The smallest absolute Gasteiger partial charge is 0.416 e. The summed E-state index contributed by atoms with van der Waals surface area (Å²) in [6.45, 7) is 1.23. The summed E-state index contributed by atoms with van der Waals surface area (Å²) in [6, 6.07) is 8.17. The van der Waals surface area contributed by atoms with Crippen LogP contribution < -0.4 is 4.74 Å². The van der Waals surface area contributed by atoms with Gasteiger partial charge in [-0.05, 0) is 61.0 Å². The van der Waals surface area contributed by atoms with Crippen molar-refractivity contribution < 1.29 is 40.6 Å². The lowest BCUT2D eigenvalue weighted by molar-refractivity contribution is -0.143. The van der Waals surface area contributed by atoms with E-state index in [-0.39, 0.29) is 23.5 Å². The van der Waals surface area contributed by atoms with Gasteiger partial charge in [0.05, 0.1) is 36.5 Å². The van der Waals surface area contributed by atoms with E-state index in [1.54, 1.807) is 24.3 Å².